The van der Waals surface area contributed by atoms with Crippen LogP contribution in [0.2, 0.25) is 0 Å². The summed E-state index contributed by atoms with van der Waals surface area (Å²) in [5.41, 5.74) is 0. The molecule has 6 rings (SSSR count). The molecule has 40 heavy (non-hydrogen) atoms. The molecule has 0 amide bonds. The lowest BCUT2D eigenvalue weighted by Gasteiger charge is -2.00. The van der Waals surface area contributed by atoms with Crippen LogP contribution in [0, 0.1) is 0 Å². The Morgan fingerprint density at radius 1 is 0.200 bits per heavy atom. The zero-order valence-corrected chi connectivity index (χ0v) is 26.6. The van der Waals surface area contributed by atoms with Crippen LogP contribution in [0.1, 0.15) is 0 Å². The molecule has 4 heteroatoms. The third-order valence-electron chi connectivity index (χ3n) is 5.51. The van der Waals surface area contributed by atoms with Gasteiger partial charge in [0.25, 0.3) is 0 Å². The largest absolute Gasteiger partial charge is 0.0622 e. The van der Waals surface area contributed by atoms with Crippen LogP contribution in [0.3, 0.4) is 0 Å². The molecule has 195 valence electrons. The number of rotatable bonds is 6. The van der Waals surface area contributed by atoms with Gasteiger partial charge in [-0.05, 0) is 31.8 Å². The van der Waals surface area contributed by atoms with Gasteiger partial charge in [0.05, 0.1) is 0 Å². The summed E-state index contributed by atoms with van der Waals surface area (Å²) in [6.07, 6.45) is 0. The highest BCUT2D eigenvalue weighted by Crippen LogP contribution is 2.10. The molecule has 0 N–H and O–H groups in total. The summed E-state index contributed by atoms with van der Waals surface area (Å²) >= 11 is 0. The minimum Gasteiger partial charge on any atom is -0.0622 e. The van der Waals surface area contributed by atoms with E-state index < -0.39 is 0 Å². The Hall–Kier alpha value is -2.86. The second-order valence-corrected chi connectivity index (χ2v) is 12.8. The highest BCUT2D eigenvalue weighted by Gasteiger charge is 1.94. The van der Waals surface area contributed by atoms with Gasteiger partial charge in [0.1, 0.15) is 0 Å². The quantitative estimate of drug-likeness (QED) is 0.153. The standard InChI is InChI=1S/3C12H11P.Al/c3*1-3-7-11(8-4-1)13-12-9-5-2-6-10-12;/h3*1-10,13H;. The Kier molecular flexibility index (Phi) is 15.2. The van der Waals surface area contributed by atoms with E-state index in [1.165, 1.54) is 31.8 Å². The van der Waals surface area contributed by atoms with Gasteiger partial charge in [-0.1, -0.05) is 208 Å². The van der Waals surface area contributed by atoms with Gasteiger partial charge in [0.15, 0.2) is 0 Å². The first-order valence-corrected chi connectivity index (χ1v) is 16.0. The van der Waals surface area contributed by atoms with Crippen molar-refractivity contribution < 1.29 is 0 Å². The van der Waals surface area contributed by atoms with E-state index in [0.29, 0.717) is 0 Å². The van der Waals surface area contributed by atoms with Gasteiger partial charge >= 0.3 is 0 Å². The van der Waals surface area contributed by atoms with E-state index in [1.54, 1.807) is 0 Å². The predicted molar refractivity (Wildman–Crippen MR) is 187 cm³/mol. The molecular formula is C36H33AlP3. The van der Waals surface area contributed by atoms with Crippen molar-refractivity contribution in [1.82, 2.24) is 0 Å². The number of benzene rings is 6. The fraction of sp³-hybridized carbons (Fsp3) is 0. The van der Waals surface area contributed by atoms with E-state index in [0.717, 1.165) is 25.7 Å². The van der Waals surface area contributed by atoms with Crippen LogP contribution in [0.15, 0.2) is 182 Å². The van der Waals surface area contributed by atoms with Gasteiger partial charge in [0, 0.05) is 17.4 Å². The molecule has 0 nitrogen and oxygen atoms in total. The lowest BCUT2D eigenvalue weighted by molar-refractivity contribution is 1.76. The van der Waals surface area contributed by atoms with Crippen LogP contribution in [-0.4, -0.2) is 17.4 Å². The molecule has 6 aromatic carbocycles. The van der Waals surface area contributed by atoms with Crippen LogP contribution in [0.4, 0.5) is 0 Å². The third kappa shape index (κ3) is 12.5. The summed E-state index contributed by atoms with van der Waals surface area (Å²) in [4.78, 5) is 0. The molecule has 0 saturated carbocycles. The van der Waals surface area contributed by atoms with E-state index in [1.807, 2.05) is 0 Å². The van der Waals surface area contributed by atoms with Gasteiger partial charge < -0.3 is 0 Å². The van der Waals surface area contributed by atoms with Crippen molar-refractivity contribution in [3.05, 3.63) is 182 Å². The maximum atomic E-state index is 2.17. The molecule has 0 bridgehead atoms. The van der Waals surface area contributed by atoms with E-state index in [4.69, 9.17) is 0 Å². The molecular weight excluding hydrogens is 552 g/mol. The summed E-state index contributed by atoms with van der Waals surface area (Å²) < 4.78 is 0. The van der Waals surface area contributed by atoms with Crippen LogP contribution in [0.5, 0.6) is 0 Å². The third-order valence-corrected chi connectivity index (χ3v) is 9.24. The smallest absolute Gasteiger partial charge is 0 e. The van der Waals surface area contributed by atoms with Crippen molar-refractivity contribution in [3.63, 3.8) is 0 Å². The zero-order valence-electron chi connectivity index (χ0n) is 22.4. The molecule has 0 atom stereocenters. The van der Waals surface area contributed by atoms with Gasteiger partial charge in [-0.25, -0.2) is 0 Å². The monoisotopic (exact) mass is 585 g/mol. The lowest BCUT2D eigenvalue weighted by Crippen LogP contribution is -2.01. The summed E-state index contributed by atoms with van der Waals surface area (Å²) in [7, 11) is 2.33. The molecule has 0 aliphatic carbocycles. The Bertz CT molecular complexity index is 1140. The summed E-state index contributed by atoms with van der Waals surface area (Å²) in [6, 6.07) is 63.5. The van der Waals surface area contributed by atoms with Gasteiger partial charge in [-0.15, -0.1) is 0 Å². The molecule has 0 heterocycles. The first-order chi connectivity index (χ1) is 19.3. The molecule has 0 spiro atoms. The Morgan fingerprint density at radius 3 is 0.450 bits per heavy atom. The zero-order chi connectivity index (χ0) is 26.8. The van der Waals surface area contributed by atoms with Crippen molar-refractivity contribution in [2.24, 2.45) is 0 Å². The van der Waals surface area contributed by atoms with Crippen molar-refractivity contribution in [2.75, 3.05) is 0 Å². The molecule has 6 aromatic rings. The Balaban J connectivity index is 0.000000163. The minimum atomic E-state index is 0. The number of hydrogen-bond acceptors (Lipinski definition) is 0. The van der Waals surface area contributed by atoms with E-state index >= 15 is 0 Å². The van der Waals surface area contributed by atoms with Crippen molar-refractivity contribution in [3.8, 4) is 0 Å². The lowest BCUT2D eigenvalue weighted by atomic mass is 10.4. The van der Waals surface area contributed by atoms with Crippen molar-refractivity contribution in [1.29, 1.82) is 0 Å². The van der Waals surface area contributed by atoms with Crippen LogP contribution >= 0.6 is 25.7 Å². The molecule has 3 radical (unpaired) electrons. The normalized spacial score (nSPS) is 9.60. The Morgan fingerprint density at radius 2 is 0.325 bits per heavy atom. The summed E-state index contributed by atoms with van der Waals surface area (Å²) in [5, 5.41) is 8.38. The average molecular weight is 586 g/mol. The van der Waals surface area contributed by atoms with E-state index in [9.17, 15) is 0 Å². The average Bonchev–Trinajstić information content (AvgIpc) is 3.01. The fourth-order valence-corrected chi connectivity index (χ4v) is 6.78. The van der Waals surface area contributed by atoms with Crippen LogP contribution in [0.25, 0.3) is 0 Å². The second-order valence-electron chi connectivity index (χ2n) is 8.57. The molecule has 0 aromatic heterocycles. The fourth-order valence-electron chi connectivity index (χ4n) is 3.63. The first-order valence-electron chi connectivity index (χ1n) is 13.0. The van der Waals surface area contributed by atoms with Crippen LogP contribution < -0.4 is 31.8 Å². The molecule has 0 aliphatic rings. The van der Waals surface area contributed by atoms with Gasteiger partial charge in [-0.2, -0.15) is 0 Å². The molecule has 0 unspecified atom stereocenters. The van der Waals surface area contributed by atoms with E-state index in [-0.39, 0.29) is 17.4 Å². The van der Waals surface area contributed by atoms with Gasteiger partial charge in [-0.3, -0.25) is 0 Å². The topological polar surface area (TPSA) is 0 Å². The van der Waals surface area contributed by atoms with Crippen LogP contribution in [-0.2, 0) is 0 Å². The van der Waals surface area contributed by atoms with E-state index in [2.05, 4.69) is 182 Å². The molecule has 0 saturated heterocycles. The Labute approximate surface area is 255 Å². The second kappa shape index (κ2) is 19.3. The van der Waals surface area contributed by atoms with Gasteiger partial charge in [0.2, 0.25) is 0 Å². The SMILES string of the molecule is [Al].c1ccc(Pc2ccccc2)cc1.c1ccc(Pc2ccccc2)cc1.c1ccc(Pc2ccccc2)cc1. The minimum absolute atomic E-state index is 0. The molecule has 0 fully saturated rings. The summed E-state index contributed by atoms with van der Waals surface area (Å²) in [5.74, 6) is 0. The highest BCUT2D eigenvalue weighted by molar-refractivity contribution is 7.56. The molecule has 0 aliphatic heterocycles. The van der Waals surface area contributed by atoms with Crippen molar-refractivity contribution >= 4 is 74.9 Å². The summed E-state index contributed by atoms with van der Waals surface area (Å²) in [6.45, 7) is 0. The maximum Gasteiger partial charge on any atom is 0 e. The number of hydrogen-bond donors (Lipinski definition) is 0. The predicted octanol–water partition coefficient (Wildman–Crippen LogP) is 6.57. The van der Waals surface area contributed by atoms with Crippen molar-refractivity contribution in [2.45, 2.75) is 0 Å². The highest BCUT2D eigenvalue weighted by atomic mass is 31.1. The first kappa shape index (κ1) is 31.7. The maximum absolute atomic E-state index is 2.17.